The van der Waals surface area contributed by atoms with Gasteiger partial charge >= 0.3 is 7.52 Å². The van der Waals surface area contributed by atoms with E-state index < -0.39 is 37.5 Å². The van der Waals surface area contributed by atoms with Gasteiger partial charge in [0.1, 0.15) is 17.1 Å². The third-order valence-corrected chi connectivity index (χ3v) is 9.48. The van der Waals surface area contributed by atoms with Gasteiger partial charge in [0, 0.05) is 43.4 Å². The van der Waals surface area contributed by atoms with E-state index in [1.807, 2.05) is 0 Å². The number of aromatic hydroxyl groups is 1. The number of halogens is 1. The van der Waals surface area contributed by atoms with Gasteiger partial charge in [-0.25, -0.2) is 9.48 Å². The first-order chi connectivity index (χ1) is 21.6. The van der Waals surface area contributed by atoms with Gasteiger partial charge in [-0.2, -0.15) is 0 Å². The molecule has 236 valence electrons. The highest BCUT2D eigenvalue weighted by Crippen LogP contribution is 2.44. The second kappa shape index (κ2) is 13.7. The summed E-state index contributed by atoms with van der Waals surface area (Å²) in [5.41, 5.74) is 1.24. The SMILES string of the molecule is CCO[C@@H](O)[C@H](C)NP(=O)(CCNC(=O)c1c2c(c(O)c3ncccc13)C(=O)N(Cc1ccc(F)cc1)C2)Oc1ccccc1. The first-order valence-electron chi connectivity index (χ1n) is 14.5. The fourth-order valence-corrected chi connectivity index (χ4v) is 7.12. The summed E-state index contributed by atoms with van der Waals surface area (Å²) in [6.45, 7) is 3.63. The van der Waals surface area contributed by atoms with E-state index in [0.29, 0.717) is 22.3 Å². The molecule has 1 unspecified atom stereocenters. The highest BCUT2D eigenvalue weighted by molar-refractivity contribution is 7.57. The molecule has 5 rings (SSSR count). The van der Waals surface area contributed by atoms with Gasteiger partial charge in [-0.05, 0) is 49.7 Å². The van der Waals surface area contributed by atoms with E-state index in [1.54, 1.807) is 68.4 Å². The largest absolute Gasteiger partial charge is 0.505 e. The molecule has 11 nitrogen and oxygen atoms in total. The van der Waals surface area contributed by atoms with Gasteiger partial charge in [-0.3, -0.25) is 19.1 Å². The topological polar surface area (TPSA) is 150 Å². The van der Waals surface area contributed by atoms with E-state index >= 15 is 0 Å². The van der Waals surface area contributed by atoms with Crippen LogP contribution in [-0.4, -0.2) is 63.6 Å². The number of nitrogens with one attached hydrogen (secondary N) is 2. The van der Waals surface area contributed by atoms with E-state index in [-0.39, 0.29) is 54.8 Å². The Morgan fingerprint density at radius 1 is 1.13 bits per heavy atom. The number of carbonyl (C=O) groups excluding carboxylic acids is 2. The summed E-state index contributed by atoms with van der Waals surface area (Å²) < 4.78 is 38.5. The Balaban J connectivity index is 1.40. The molecule has 0 saturated carbocycles. The number of aliphatic hydroxyl groups excluding tert-OH is 1. The van der Waals surface area contributed by atoms with Crippen LogP contribution >= 0.6 is 7.52 Å². The van der Waals surface area contributed by atoms with Crippen LogP contribution in [0.3, 0.4) is 0 Å². The zero-order valence-corrected chi connectivity index (χ0v) is 25.7. The molecule has 45 heavy (non-hydrogen) atoms. The number of para-hydroxylation sites is 1. The number of pyridine rings is 1. The lowest BCUT2D eigenvalue weighted by molar-refractivity contribution is -0.109. The van der Waals surface area contributed by atoms with Crippen LogP contribution in [0.15, 0.2) is 72.9 Å². The average molecular weight is 637 g/mol. The second-order valence-corrected chi connectivity index (χ2v) is 12.8. The Hall–Kier alpha value is -4.35. The lowest BCUT2D eigenvalue weighted by atomic mass is 9.96. The molecule has 1 aromatic heterocycles. The van der Waals surface area contributed by atoms with Crippen molar-refractivity contribution >= 4 is 30.2 Å². The zero-order chi connectivity index (χ0) is 32.1. The number of phenols is 1. The minimum atomic E-state index is -3.70. The Morgan fingerprint density at radius 2 is 1.87 bits per heavy atom. The Kier molecular flexibility index (Phi) is 9.79. The molecular weight excluding hydrogens is 602 g/mol. The van der Waals surface area contributed by atoms with Crippen LogP contribution in [0, 0.1) is 5.82 Å². The number of phenolic OH excluding ortho intramolecular Hbond substituents is 1. The van der Waals surface area contributed by atoms with Gasteiger partial charge in [-0.1, -0.05) is 36.4 Å². The van der Waals surface area contributed by atoms with Gasteiger partial charge in [0.25, 0.3) is 11.8 Å². The van der Waals surface area contributed by atoms with Crippen molar-refractivity contribution in [1.29, 1.82) is 0 Å². The Labute approximate surface area is 259 Å². The molecule has 0 fully saturated rings. The smallest absolute Gasteiger partial charge is 0.318 e. The van der Waals surface area contributed by atoms with Crippen LogP contribution in [0.25, 0.3) is 10.9 Å². The van der Waals surface area contributed by atoms with Gasteiger partial charge < -0.3 is 29.7 Å². The summed E-state index contributed by atoms with van der Waals surface area (Å²) >= 11 is 0. The standard InChI is InChI=1S/C32H34FN4O7P/c1-3-43-32(41)20(2)36-45(42,44-23-8-5-4-6-9-23)17-16-35-30(39)26-24-10-7-15-34-28(24)29(38)27-25(26)19-37(31(27)40)18-21-11-13-22(33)14-12-21/h4-15,20,32,38,41H,3,16-19H2,1-2H3,(H,35,39)(H,36,42)/t20-,32+,45?/m0/s1. The van der Waals surface area contributed by atoms with Crippen LogP contribution in [0.2, 0.25) is 0 Å². The van der Waals surface area contributed by atoms with Crippen LogP contribution < -0.4 is 14.9 Å². The van der Waals surface area contributed by atoms with Crippen molar-refractivity contribution in [3.63, 3.8) is 0 Å². The quantitative estimate of drug-likeness (QED) is 0.122. The molecule has 3 aromatic carbocycles. The minimum absolute atomic E-state index is 0.0213. The number of rotatable bonds is 13. The molecule has 1 aliphatic rings. The number of carbonyl (C=O) groups is 2. The molecule has 4 aromatic rings. The molecule has 0 spiro atoms. The number of amides is 2. The molecule has 3 atom stereocenters. The van der Waals surface area contributed by atoms with Crippen LogP contribution in [0.5, 0.6) is 11.5 Å². The van der Waals surface area contributed by atoms with E-state index in [0.717, 1.165) is 0 Å². The van der Waals surface area contributed by atoms with E-state index in [4.69, 9.17) is 9.26 Å². The van der Waals surface area contributed by atoms with Crippen LogP contribution in [0.4, 0.5) is 4.39 Å². The lowest BCUT2D eigenvalue weighted by Crippen LogP contribution is -2.40. The van der Waals surface area contributed by atoms with Crippen molar-refractivity contribution in [2.45, 2.75) is 39.3 Å². The first kappa shape index (κ1) is 32.1. The third kappa shape index (κ3) is 7.15. The van der Waals surface area contributed by atoms with Crippen molar-refractivity contribution in [3.8, 4) is 11.5 Å². The molecule has 0 bridgehead atoms. The van der Waals surface area contributed by atoms with E-state index in [1.165, 1.54) is 23.2 Å². The van der Waals surface area contributed by atoms with Crippen molar-refractivity contribution in [2.24, 2.45) is 0 Å². The predicted octanol–water partition coefficient (Wildman–Crippen LogP) is 4.57. The fraction of sp³-hybridized carbons (Fsp3) is 0.281. The van der Waals surface area contributed by atoms with Gasteiger partial charge in [0.15, 0.2) is 12.0 Å². The third-order valence-electron chi connectivity index (χ3n) is 7.36. The Bertz CT molecular complexity index is 1740. The highest BCUT2D eigenvalue weighted by Gasteiger charge is 2.37. The van der Waals surface area contributed by atoms with E-state index in [9.17, 15) is 28.8 Å². The average Bonchev–Trinajstić information content (AvgIpc) is 3.34. The minimum Gasteiger partial charge on any atom is -0.505 e. The highest BCUT2D eigenvalue weighted by atomic mass is 31.2. The van der Waals surface area contributed by atoms with Gasteiger partial charge in [-0.15, -0.1) is 0 Å². The summed E-state index contributed by atoms with van der Waals surface area (Å²) in [7, 11) is -3.70. The number of aromatic nitrogens is 1. The maximum atomic E-state index is 14.0. The number of nitrogens with zero attached hydrogens (tertiary/aromatic N) is 2. The summed E-state index contributed by atoms with van der Waals surface area (Å²) in [5, 5.41) is 27.3. The fourth-order valence-electron chi connectivity index (χ4n) is 5.23. The van der Waals surface area contributed by atoms with Crippen molar-refractivity contribution < 1.29 is 38.0 Å². The molecule has 13 heteroatoms. The molecule has 0 radical (unpaired) electrons. The molecular formula is C32H34FN4O7P. The van der Waals surface area contributed by atoms with Crippen molar-refractivity contribution in [1.82, 2.24) is 20.3 Å². The Morgan fingerprint density at radius 3 is 2.58 bits per heavy atom. The summed E-state index contributed by atoms with van der Waals surface area (Å²) in [4.78, 5) is 33.0. The predicted molar refractivity (Wildman–Crippen MR) is 165 cm³/mol. The van der Waals surface area contributed by atoms with E-state index in [2.05, 4.69) is 15.4 Å². The normalized spacial score (nSPS) is 15.4. The molecule has 0 aliphatic carbocycles. The van der Waals surface area contributed by atoms with Crippen molar-refractivity contribution in [2.75, 3.05) is 19.3 Å². The first-order valence-corrected chi connectivity index (χ1v) is 16.3. The number of aliphatic hydroxyl groups is 1. The monoisotopic (exact) mass is 636 g/mol. The molecule has 2 heterocycles. The van der Waals surface area contributed by atoms with Crippen LogP contribution in [-0.2, 0) is 22.4 Å². The maximum Gasteiger partial charge on any atom is 0.318 e. The van der Waals surface area contributed by atoms with Gasteiger partial charge in [0.05, 0.1) is 23.3 Å². The molecule has 4 N–H and O–H groups in total. The van der Waals surface area contributed by atoms with Crippen molar-refractivity contribution in [3.05, 3.63) is 101 Å². The maximum absolute atomic E-state index is 14.0. The molecule has 2 amide bonds. The van der Waals surface area contributed by atoms with Gasteiger partial charge in [0.2, 0.25) is 0 Å². The zero-order valence-electron chi connectivity index (χ0n) is 24.8. The number of hydrogen-bond acceptors (Lipinski definition) is 8. The number of benzene rings is 3. The molecule has 0 saturated heterocycles. The second-order valence-electron chi connectivity index (χ2n) is 10.6. The summed E-state index contributed by atoms with van der Waals surface area (Å²) in [6.07, 6.45) is 0.0567. The number of hydrogen-bond donors (Lipinski definition) is 4. The number of fused-ring (bicyclic) bond motifs is 2. The lowest BCUT2D eigenvalue weighted by Gasteiger charge is -2.27. The summed E-state index contributed by atoms with van der Waals surface area (Å²) in [5.74, 6) is -1.44. The molecule has 1 aliphatic heterocycles. The number of ether oxygens (including phenoxy) is 1. The summed E-state index contributed by atoms with van der Waals surface area (Å²) in [6, 6.07) is 16.7. The van der Waals surface area contributed by atoms with Crippen LogP contribution in [0.1, 0.15) is 45.7 Å².